The lowest BCUT2D eigenvalue weighted by atomic mass is 9.87. The molecule has 0 N–H and O–H groups in total. The number of hydrogen-bond acceptors (Lipinski definition) is 5. The Kier molecular flexibility index (Phi) is 5.10. The molecule has 144 valence electrons. The Labute approximate surface area is 166 Å². The zero-order chi connectivity index (χ0) is 19.0. The molecule has 1 aromatic heterocycles. The Morgan fingerprint density at radius 1 is 1.19 bits per heavy atom. The maximum absolute atomic E-state index is 6.39. The van der Waals surface area contributed by atoms with Gasteiger partial charge in [-0.3, -0.25) is 4.90 Å². The molecule has 27 heavy (non-hydrogen) atoms. The molecule has 1 unspecified atom stereocenters. The summed E-state index contributed by atoms with van der Waals surface area (Å²) in [5.74, 6) is 0.994. The van der Waals surface area contributed by atoms with Gasteiger partial charge in [-0.2, -0.15) is 0 Å². The average Bonchev–Trinajstić information content (AvgIpc) is 2.65. The molecule has 0 spiro atoms. The number of halogens is 1. The van der Waals surface area contributed by atoms with Crippen LogP contribution in [0.1, 0.15) is 37.6 Å². The van der Waals surface area contributed by atoms with Crippen LogP contribution < -0.4 is 4.90 Å². The van der Waals surface area contributed by atoms with Crippen molar-refractivity contribution in [1.82, 2.24) is 14.9 Å². The van der Waals surface area contributed by atoms with E-state index in [4.69, 9.17) is 21.3 Å². The standard InChI is InChI=1S/C21H27ClN4O/c1-15-14-27-12-11-26(15)19-17-9-10-25(13-16-7-5-4-6-8-16)21(2,3)18(17)23-20(22)24-19/h4-8,15H,9-14H2,1-3H3. The molecule has 5 nitrogen and oxygen atoms in total. The number of aromatic nitrogens is 2. The van der Waals surface area contributed by atoms with Crippen LogP contribution in [0.25, 0.3) is 0 Å². The van der Waals surface area contributed by atoms with Crippen LogP contribution in [0.4, 0.5) is 5.82 Å². The number of ether oxygens (including phenoxy) is 1. The number of rotatable bonds is 3. The highest BCUT2D eigenvalue weighted by Gasteiger charge is 2.39. The van der Waals surface area contributed by atoms with Gasteiger partial charge < -0.3 is 9.64 Å². The van der Waals surface area contributed by atoms with E-state index >= 15 is 0 Å². The average molecular weight is 387 g/mol. The number of anilines is 1. The quantitative estimate of drug-likeness (QED) is 0.753. The van der Waals surface area contributed by atoms with Crippen molar-refractivity contribution in [3.8, 4) is 0 Å². The van der Waals surface area contributed by atoms with E-state index in [0.717, 1.165) is 50.8 Å². The van der Waals surface area contributed by atoms with Crippen molar-refractivity contribution in [2.24, 2.45) is 0 Å². The molecule has 1 atom stereocenters. The second kappa shape index (κ2) is 7.38. The van der Waals surface area contributed by atoms with Crippen molar-refractivity contribution in [3.63, 3.8) is 0 Å². The molecule has 2 aliphatic rings. The fourth-order valence-electron chi connectivity index (χ4n) is 4.22. The number of nitrogens with zero attached hydrogens (tertiary/aromatic N) is 4. The molecule has 1 saturated heterocycles. The predicted octanol–water partition coefficient (Wildman–Crippen LogP) is 3.65. The minimum Gasteiger partial charge on any atom is -0.377 e. The Hall–Kier alpha value is -1.69. The first kappa shape index (κ1) is 18.7. The number of hydrogen-bond donors (Lipinski definition) is 0. The van der Waals surface area contributed by atoms with E-state index in [1.54, 1.807) is 0 Å². The fraction of sp³-hybridized carbons (Fsp3) is 0.524. The normalized spacial score (nSPS) is 22.5. The third-order valence-electron chi connectivity index (χ3n) is 5.82. The fourth-order valence-corrected chi connectivity index (χ4v) is 4.38. The van der Waals surface area contributed by atoms with Gasteiger partial charge in [-0.05, 0) is 44.4 Å². The van der Waals surface area contributed by atoms with Gasteiger partial charge in [-0.1, -0.05) is 30.3 Å². The minimum absolute atomic E-state index is 0.208. The van der Waals surface area contributed by atoms with E-state index in [-0.39, 0.29) is 5.54 Å². The van der Waals surface area contributed by atoms with Gasteiger partial charge in [-0.25, -0.2) is 9.97 Å². The van der Waals surface area contributed by atoms with Crippen molar-refractivity contribution in [3.05, 3.63) is 52.4 Å². The molecule has 4 rings (SSSR count). The summed E-state index contributed by atoms with van der Waals surface area (Å²) in [7, 11) is 0. The summed E-state index contributed by atoms with van der Waals surface area (Å²) in [5, 5.41) is 0.331. The van der Waals surface area contributed by atoms with Crippen LogP contribution in [0.2, 0.25) is 5.28 Å². The van der Waals surface area contributed by atoms with Gasteiger partial charge in [0, 0.05) is 25.2 Å². The number of fused-ring (bicyclic) bond motifs is 1. The van der Waals surface area contributed by atoms with E-state index < -0.39 is 0 Å². The van der Waals surface area contributed by atoms with Crippen LogP contribution in [0.5, 0.6) is 0 Å². The van der Waals surface area contributed by atoms with Crippen molar-refractivity contribution < 1.29 is 4.74 Å². The first-order valence-electron chi connectivity index (χ1n) is 9.67. The van der Waals surface area contributed by atoms with Crippen LogP contribution in [0.3, 0.4) is 0 Å². The summed E-state index contributed by atoms with van der Waals surface area (Å²) in [6.07, 6.45) is 0.933. The van der Waals surface area contributed by atoms with Crippen LogP contribution in [0, 0.1) is 0 Å². The van der Waals surface area contributed by atoms with Gasteiger partial charge in [0.05, 0.1) is 30.5 Å². The van der Waals surface area contributed by atoms with E-state index in [2.05, 4.69) is 65.9 Å². The van der Waals surface area contributed by atoms with Crippen LogP contribution >= 0.6 is 11.6 Å². The van der Waals surface area contributed by atoms with Gasteiger partial charge in [0.15, 0.2) is 0 Å². The highest BCUT2D eigenvalue weighted by molar-refractivity contribution is 6.28. The summed E-state index contributed by atoms with van der Waals surface area (Å²) in [6, 6.07) is 10.9. The van der Waals surface area contributed by atoms with Gasteiger partial charge in [-0.15, -0.1) is 0 Å². The molecule has 2 aromatic rings. The molecule has 0 amide bonds. The zero-order valence-electron chi connectivity index (χ0n) is 16.3. The largest absolute Gasteiger partial charge is 0.377 e. The molecule has 2 aliphatic heterocycles. The lowest BCUT2D eigenvalue weighted by Crippen LogP contribution is -2.49. The Morgan fingerprint density at radius 2 is 1.96 bits per heavy atom. The Bertz CT molecular complexity index is 811. The zero-order valence-corrected chi connectivity index (χ0v) is 17.0. The molecular formula is C21H27ClN4O. The van der Waals surface area contributed by atoms with Gasteiger partial charge in [0.2, 0.25) is 5.28 Å². The lowest BCUT2D eigenvalue weighted by Gasteiger charge is -2.45. The summed E-state index contributed by atoms with van der Waals surface area (Å²) < 4.78 is 5.61. The van der Waals surface area contributed by atoms with E-state index in [1.165, 1.54) is 11.1 Å². The third-order valence-corrected chi connectivity index (χ3v) is 5.98. The second-order valence-electron chi connectivity index (χ2n) is 7.98. The van der Waals surface area contributed by atoms with Gasteiger partial charge >= 0.3 is 0 Å². The number of morpholine rings is 1. The van der Waals surface area contributed by atoms with Crippen molar-refractivity contribution in [1.29, 1.82) is 0 Å². The predicted molar refractivity (Wildman–Crippen MR) is 108 cm³/mol. The molecule has 0 bridgehead atoms. The second-order valence-corrected chi connectivity index (χ2v) is 8.31. The van der Waals surface area contributed by atoms with E-state index in [1.807, 2.05) is 0 Å². The third kappa shape index (κ3) is 3.56. The smallest absolute Gasteiger partial charge is 0.224 e. The highest BCUT2D eigenvalue weighted by Crippen LogP contribution is 2.39. The molecular weight excluding hydrogens is 360 g/mol. The van der Waals surface area contributed by atoms with Crippen LogP contribution in [-0.2, 0) is 23.2 Å². The first-order chi connectivity index (χ1) is 13.0. The Balaban J connectivity index is 1.70. The van der Waals surface area contributed by atoms with Crippen molar-refractivity contribution in [2.45, 2.75) is 45.3 Å². The maximum Gasteiger partial charge on any atom is 0.224 e. The number of benzene rings is 1. The van der Waals surface area contributed by atoms with Crippen LogP contribution in [-0.4, -0.2) is 47.2 Å². The van der Waals surface area contributed by atoms with Crippen LogP contribution in [0.15, 0.2) is 30.3 Å². The summed E-state index contributed by atoms with van der Waals surface area (Å²) >= 11 is 6.39. The highest BCUT2D eigenvalue weighted by atomic mass is 35.5. The minimum atomic E-state index is -0.208. The monoisotopic (exact) mass is 386 g/mol. The molecule has 3 heterocycles. The van der Waals surface area contributed by atoms with Gasteiger partial charge in [0.25, 0.3) is 0 Å². The molecule has 1 fully saturated rings. The topological polar surface area (TPSA) is 41.5 Å². The molecule has 6 heteroatoms. The lowest BCUT2D eigenvalue weighted by molar-refractivity contribution is 0.0908. The van der Waals surface area contributed by atoms with Crippen molar-refractivity contribution >= 4 is 17.4 Å². The van der Waals surface area contributed by atoms with Crippen molar-refractivity contribution in [2.75, 3.05) is 31.2 Å². The SMILES string of the molecule is CC1COCCN1c1nc(Cl)nc2c1CCN(Cc1ccccc1)C2(C)C. The summed E-state index contributed by atoms with van der Waals surface area (Å²) in [6.45, 7) is 10.8. The Morgan fingerprint density at radius 3 is 2.70 bits per heavy atom. The van der Waals surface area contributed by atoms with E-state index in [9.17, 15) is 0 Å². The molecule has 0 radical (unpaired) electrons. The molecule has 0 saturated carbocycles. The first-order valence-corrected chi connectivity index (χ1v) is 10.0. The van der Waals surface area contributed by atoms with E-state index in [0.29, 0.717) is 11.3 Å². The summed E-state index contributed by atoms with van der Waals surface area (Å²) in [5.41, 5.74) is 3.40. The van der Waals surface area contributed by atoms with Gasteiger partial charge in [0.1, 0.15) is 5.82 Å². The maximum atomic E-state index is 6.39. The summed E-state index contributed by atoms with van der Waals surface area (Å²) in [4.78, 5) is 14.2. The molecule has 1 aromatic carbocycles. The molecule has 0 aliphatic carbocycles.